The summed E-state index contributed by atoms with van der Waals surface area (Å²) < 4.78 is 27.5. The summed E-state index contributed by atoms with van der Waals surface area (Å²) in [7, 11) is 0. The van der Waals surface area contributed by atoms with Crippen LogP contribution in [0.1, 0.15) is 34.9 Å². The van der Waals surface area contributed by atoms with Gasteiger partial charge in [0, 0.05) is 30.9 Å². The number of amides is 1. The van der Waals surface area contributed by atoms with Crippen LogP contribution in [0.25, 0.3) is 0 Å². The van der Waals surface area contributed by atoms with Crippen molar-refractivity contribution < 1.29 is 13.6 Å². The van der Waals surface area contributed by atoms with Gasteiger partial charge in [0.1, 0.15) is 16.3 Å². The molecule has 2 heterocycles. The third kappa shape index (κ3) is 4.54. The molecule has 1 fully saturated rings. The number of anilines is 2. The van der Waals surface area contributed by atoms with Gasteiger partial charge < -0.3 is 15.2 Å². The number of carbonyl (C=O) groups is 1. The van der Waals surface area contributed by atoms with E-state index in [-0.39, 0.29) is 23.5 Å². The van der Waals surface area contributed by atoms with Gasteiger partial charge >= 0.3 is 0 Å². The third-order valence-corrected chi connectivity index (χ3v) is 6.82. The monoisotopic (exact) mass is 473 g/mol. The molecule has 3 aromatic rings. The zero-order valence-electron chi connectivity index (χ0n) is 17.4. The fourth-order valence-corrected chi connectivity index (χ4v) is 4.71. The topological polar surface area (TPSA) is 48.1 Å². The number of hydrogen-bond acceptors (Lipinski definition) is 3. The number of aromatic nitrogens is 1. The van der Waals surface area contributed by atoms with Gasteiger partial charge in [-0.05, 0) is 66.3 Å². The van der Waals surface area contributed by atoms with E-state index >= 15 is 0 Å². The van der Waals surface area contributed by atoms with Crippen LogP contribution in [0.5, 0.6) is 0 Å². The molecule has 32 heavy (non-hydrogen) atoms. The molecule has 166 valence electrons. The number of nitrogens with zero attached hydrogens (tertiary/aromatic N) is 1. The summed E-state index contributed by atoms with van der Waals surface area (Å²) >= 11 is 12.0. The van der Waals surface area contributed by atoms with Gasteiger partial charge in [-0.2, -0.15) is 0 Å². The van der Waals surface area contributed by atoms with Gasteiger partial charge in [0.2, 0.25) is 6.41 Å². The number of nitrogens with one attached hydrogen (secondary N) is 2. The van der Waals surface area contributed by atoms with Crippen molar-refractivity contribution in [1.82, 2.24) is 9.88 Å². The number of aryl methyl sites for hydroxylation is 1. The Bertz CT molecular complexity index is 1200. The molecule has 4 nitrogen and oxygen atoms in total. The first-order valence-electron chi connectivity index (χ1n) is 10.3. The first kappa shape index (κ1) is 22.4. The Kier molecular flexibility index (Phi) is 6.58. The van der Waals surface area contributed by atoms with Crippen molar-refractivity contribution in [1.29, 1.82) is 0 Å². The van der Waals surface area contributed by atoms with E-state index in [0.29, 0.717) is 34.1 Å². The van der Waals surface area contributed by atoms with E-state index in [1.807, 2.05) is 6.20 Å². The number of pyridine rings is 1. The van der Waals surface area contributed by atoms with Crippen molar-refractivity contribution in [3.63, 3.8) is 0 Å². The molecule has 2 aromatic carbocycles. The van der Waals surface area contributed by atoms with Crippen LogP contribution in [-0.4, -0.2) is 29.4 Å². The predicted molar refractivity (Wildman–Crippen MR) is 125 cm³/mol. The highest BCUT2D eigenvalue weighted by Gasteiger charge is 2.33. The second kappa shape index (κ2) is 9.38. The summed E-state index contributed by atoms with van der Waals surface area (Å²) in [4.78, 5) is 16.3. The van der Waals surface area contributed by atoms with Crippen molar-refractivity contribution in [2.45, 2.75) is 25.2 Å². The Morgan fingerprint density at radius 1 is 1.16 bits per heavy atom. The molecule has 1 amide bonds. The first-order chi connectivity index (χ1) is 15.4. The number of aromatic amines is 1. The first-order valence-corrected chi connectivity index (χ1v) is 11.0. The summed E-state index contributed by atoms with van der Waals surface area (Å²) in [6, 6.07) is 10.9. The van der Waals surface area contributed by atoms with Crippen molar-refractivity contribution >= 4 is 41.6 Å². The highest BCUT2D eigenvalue weighted by molar-refractivity contribution is 7.71. The lowest BCUT2D eigenvalue weighted by molar-refractivity contribution is -0.119. The Labute approximate surface area is 195 Å². The lowest BCUT2D eigenvalue weighted by Gasteiger charge is -2.38. The fraction of sp³-hybridized carbons (Fsp3) is 0.250. The smallest absolute Gasteiger partial charge is 0.209 e. The van der Waals surface area contributed by atoms with E-state index in [0.717, 1.165) is 29.5 Å². The van der Waals surface area contributed by atoms with Crippen LogP contribution >= 0.6 is 23.8 Å². The minimum absolute atomic E-state index is 0.0436. The lowest BCUT2D eigenvalue weighted by atomic mass is 9.76. The molecule has 1 saturated heterocycles. The second-order valence-electron chi connectivity index (χ2n) is 8.00. The molecule has 0 radical (unpaired) electrons. The van der Waals surface area contributed by atoms with Crippen LogP contribution in [-0.2, 0) is 4.79 Å². The van der Waals surface area contributed by atoms with Gasteiger partial charge in [0.25, 0.3) is 0 Å². The predicted octanol–water partition coefficient (Wildman–Crippen LogP) is 6.46. The fourth-order valence-electron chi connectivity index (χ4n) is 4.34. The van der Waals surface area contributed by atoms with Crippen molar-refractivity contribution in [2.24, 2.45) is 0 Å². The van der Waals surface area contributed by atoms with E-state index in [4.69, 9.17) is 23.8 Å². The van der Waals surface area contributed by atoms with Gasteiger partial charge in [-0.25, -0.2) is 8.78 Å². The van der Waals surface area contributed by atoms with E-state index in [9.17, 15) is 13.6 Å². The normalized spacial score (nSPS) is 18.4. The van der Waals surface area contributed by atoms with E-state index in [2.05, 4.69) is 10.3 Å². The van der Waals surface area contributed by atoms with Crippen LogP contribution in [0.15, 0.2) is 48.7 Å². The highest BCUT2D eigenvalue weighted by atomic mass is 35.5. The highest BCUT2D eigenvalue weighted by Crippen LogP contribution is 2.44. The third-order valence-electron chi connectivity index (χ3n) is 6.01. The number of piperidine rings is 1. The molecule has 2 atom stereocenters. The molecule has 0 bridgehead atoms. The molecule has 0 spiro atoms. The van der Waals surface area contributed by atoms with E-state index < -0.39 is 0 Å². The summed E-state index contributed by atoms with van der Waals surface area (Å²) in [5.74, 6) is -0.694. The largest absolute Gasteiger partial charge is 0.354 e. The average Bonchev–Trinajstić information content (AvgIpc) is 2.79. The number of carbonyl (C=O) groups excluding carboxylic acids is 1. The van der Waals surface area contributed by atoms with Crippen molar-refractivity contribution in [3.8, 4) is 0 Å². The molecule has 0 aliphatic carbocycles. The number of rotatable bonds is 5. The maximum atomic E-state index is 13.6. The average molecular weight is 474 g/mol. The molecule has 8 heteroatoms. The molecule has 1 aliphatic rings. The summed E-state index contributed by atoms with van der Waals surface area (Å²) in [5.41, 5.74) is 3.89. The van der Waals surface area contributed by atoms with Crippen LogP contribution in [0.3, 0.4) is 0 Å². The van der Waals surface area contributed by atoms with Crippen LogP contribution in [0.4, 0.5) is 20.2 Å². The van der Waals surface area contributed by atoms with Gasteiger partial charge in [0.05, 0.1) is 10.7 Å². The van der Waals surface area contributed by atoms with Gasteiger partial charge in [-0.3, -0.25) is 4.79 Å². The minimum Gasteiger partial charge on any atom is -0.354 e. The lowest BCUT2D eigenvalue weighted by Crippen LogP contribution is -2.37. The molecule has 1 aromatic heterocycles. The number of H-pyrrole nitrogens is 1. The van der Waals surface area contributed by atoms with Gasteiger partial charge in [0.15, 0.2) is 0 Å². The number of halogens is 3. The number of benzene rings is 2. The van der Waals surface area contributed by atoms with Crippen LogP contribution in [0, 0.1) is 23.2 Å². The Morgan fingerprint density at radius 3 is 2.56 bits per heavy atom. The summed E-state index contributed by atoms with van der Waals surface area (Å²) in [6.07, 6.45) is 3.38. The second-order valence-corrected chi connectivity index (χ2v) is 8.79. The van der Waals surface area contributed by atoms with Crippen LogP contribution < -0.4 is 5.32 Å². The van der Waals surface area contributed by atoms with Gasteiger partial charge in [-0.15, -0.1) is 0 Å². The zero-order chi connectivity index (χ0) is 22.8. The number of hydrogen-bond donors (Lipinski definition) is 2. The maximum Gasteiger partial charge on any atom is 0.209 e. The molecular formula is C24H22ClF2N3OS. The van der Waals surface area contributed by atoms with E-state index in [1.54, 1.807) is 30.0 Å². The Hall–Kier alpha value is -2.77. The van der Waals surface area contributed by atoms with Crippen LogP contribution in [0.2, 0.25) is 5.02 Å². The molecule has 2 N–H and O–H groups in total. The Morgan fingerprint density at radius 2 is 1.88 bits per heavy atom. The standard InChI is InChI=1S/C24H22ClF2N3OS/c1-14-10-17(27)6-7-21(14)29-23-19(11-28-24(32)22(23)25)20-12-30(13-31)9-8-18(20)15-2-4-16(26)5-3-15/h2-7,10-11,13,18,20H,8-9,12H2,1H3,(H2,28,29,32). The maximum absolute atomic E-state index is 13.6. The summed E-state index contributed by atoms with van der Waals surface area (Å²) in [5, 5.41) is 3.69. The molecule has 0 saturated carbocycles. The van der Waals surface area contributed by atoms with Gasteiger partial charge in [-0.1, -0.05) is 36.0 Å². The molecule has 2 unspecified atom stereocenters. The zero-order valence-corrected chi connectivity index (χ0v) is 18.9. The quantitative estimate of drug-likeness (QED) is 0.330. The van der Waals surface area contributed by atoms with E-state index in [1.165, 1.54) is 24.3 Å². The van der Waals surface area contributed by atoms with Crippen molar-refractivity contribution in [3.05, 3.63) is 86.6 Å². The van der Waals surface area contributed by atoms with Crippen molar-refractivity contribution in [2.75, 3.05) is 18.4 Å². The Balaban J connectivity index is 1.81. The molecular weight excluding hydrogens is 452 g/mol. The summed E-state index contributed by atoms with van der Waals surface area (Å²) in [6.45, 7) is 2.89. The SMILES string of the molecule is Cc1cc(F)ccc1Nc1c(C2CN(C=O)CCC2c2ccc(F)cc2)c[nH]c(=S)c1Cl. The molecule has 4 rings (SSSR count). The molecule has 1 aliphatic heterocycles. The minimum atomic E-state index is -0.324. The number of likely N-dealkylation sites (tertiary alicyclic amines) is 1.